The lowest BCUT2D eigenvalue weighted by atomic mass is 10.4. The van der Waals surface area contributed by atoms with Crippen molar-refractivity contribution >= 4 is 16.0 Å². The second-order valence-electron chi connectivity index (χ2n) is 4.85. The molecule has 0 aromatic carbocycles. The SMILES string of the molecule is CCn1nc(C)c(S(=O)(=O)N(CC(=O)O)C(C)C)c1C. The van der Waals surface area contributed by atoms with Gasteiger partial charge in [0.15, 0.2) is 0 Å². The van der Waals surface area contributed by atoms with E-state index in [-0.39, 0.29) is 4.90 Å². The molecule has 0 aliphatic rings. The number of hydrogen-bond donors (Lipinski definition) is 1. The molecule has 114 valence electrons. The van der Waals surface area contributed by atoms with E-state index in [1.165, 1.54) is 0 Å². The summed E-state index contributed by atoms with van der Waals surface area (Å²) in [5, 5.41) is 13.1. The van der Waals surface area contributed by atoms with Crippen molar-refractivity contribution in [2.75, 3.05) is 6.54 Å². The summed E-state index contributed by atoms with van der Waals surface area (Å²) in [5.41, 5.74) is 0.918. The van der Waals surface area contributed by atoms with E-state index in [9.17, 15) is 13.2 Å². The fourth-order valence-corrected chi connectivity index (χ4v) is 4.12. The molecular formula is C12H21N3O4S. The molecule has 0 unspecified atom stereocenters. The number of carboxylic acids is 1. The summed E-state index contributed by atoms with van der Waals surface area (Å²) in [6, 6.07) is -0.445. The van der Waals surface area contributed by atoms with Crippen LogP contribution in [0.3, 0.4) is 0 Å². The van der Waals surface area contributed by atoms with Gasteiger partial charge in [-0.1, -0.05) is 0 Å². The molecule has 0 saturated heterocycles. The second-order valence-corrected chi connectivity index (χ2v) is 6.68. The third-order valence-corrected chi connectivity index (χ3v) is 5.32. The van der Waals surface area contributed by atoms with E-state index in [1.54, 1.807) is 32.4 Å². The van der Waals surface area contributed by atoms with Gasteiger partial charge in [0, 0.05) is 12.6 Å². The lowest BCUT2D eigenvalue weighted by molar-refractivity contribution is -0.137. The molecule has 0 bridgehead atoms. The lowest BCUT2D eigenvalue weighted by Gasteiger charge is -2.24. The van der Waals surface area contributed by atoms with Gasteiger partial charge in [0.1, 0.15) is 11.4 Å². The molecule has 0 amide bonds. The van der Waals surface area contributed by atoms with Crippen molar-refractivity contribution in [3.05, 3.63) is 11.4 Å². The van der Waals surface area contributed by atoms with Crippen LogP contribution in [0.15, 0.2) is 4.90 Å². The van der Waals surface area contributed by atoms with Crippen LogP contribution in [0, 0.1) is 13.8 Å². The Labute approximate surface area is 119 Å². The number of rotatable bonds is 6. The van der Waals surface area contributed by atoms with Crippen molar-refractivity contribution in [3.63, 3.8) is 0 Å². The number of aliphatic carboxylic acids is 1. The number of carbonyl (C=O) groups is 1. The van der Waals surface area contributed by atoms with Gasteiger partial charge in [-0.3, -0.25) is 9.48 Å². The van der Waals surface area contributed by atoms with E-state index in [4.69, 9.17) is 5.11 Å². The van der Waals surface area contributed by atoms with Gasteiger partial charge in [-0.05, 0) is 34.6 Å². The first-order chi connectivity index (χ1) is 9.12. The van der Waals surface area contributed by atoms with Gasteiger partial charge in [-0.15, -0.1) is 0 Å². The van der Waals surface area contributed by atoms with Crippen LogP contribution in [0.5, 0.6) is 0 Å². The molecule has 1 aromatic rings. The first kappa shape index (κ1) is 16.6. The normalized spacial score (nSPS) is 12.3. The summed E-state index contributed by atoms with van der Waals surface area (Å²) in [7, 11) is -3.88. The maximum atomic E-state index is 12.7. The monoisotopic (exact) mass is 303 g/mol. The van der Waals surface area contributed by atoms with Gasteiger partial charge < -0.3 is 5.11 Å². The van der Waals surface area contributed by atoms with Crippen molar-refractivity contribution in [1.29, 1.82) is 0 Å². The highest BCUT2D eigenvalue weighted by molar-refractivity contribution is 7.89. The number of sulfonamides is 1. The van der Waals surface area contributed by atoms with Crippen molar-refractivity contribution in [2.24, 2.45) is 0 Å². The average molecular weight is 303 g/mol. The third kappa shape index (κ3) is 3.01. The Morgan fingerprint density at radius 1 is 1.40 bits per heavy atom. The fourth-order valence-electron chi connectivity index (χ4n) is 2.16. The molecule has 0 spiro atoms. The summed E-state index contributed by atoms with van der Waals surface area (Å²) >= 11 is 0. The highest BCUT2D eigenvalue weighted by Gasteiger charge is 2.33. The fraction of sp³-hybridized carbons (Fsp3) is 0.667. The number of aryl methyl sites for hydroxylation is 2. The molecule has 8 heteroatoms. The molecule has 0 atom stereocenters. The second kappa shape index (κ2) is 5.92. The molecule has 20 heavy (non-hydrogen) atoms. The first-order valence-electron chi connectivity index (χ1n) is 6.40. The van der Waals surface area contributed by atoms with Crippen LogP contribution >= 0.6 is 0 Å². The summed E-state index contributed by atoms with van der Waals surface area (Å²) < 4.78 is 28.0. The predicted molar refractivity (Wildman–Crippen MR) is 74.0 cm³/mol. The van der Waals surface area contributed by atoms with E-state index in [0.29, 0.717) is 17.9 Å². The minimum Gasteiger partial charge on any atom is -0.480 e. The van der Waals surface area contributed by atoms with Crippen molar-refractivity contribution < 1.29 is 18.3 Å². The van der Waals surface area contributed by atoms with Crippen LogP contribution < -0.4 is 0 Å². The maximum Gasteiger partial charge on any atom is 0.318 e. The van der Waals surface area contributed by atoms with Crippen LogP contribution in [0.25, 0.3) is 0 Å². The van der Waals surface area contributed by atoms with Gasteiger partial charge in [0.2, 0.25) is 10.0 Å². The van der Waals surface area contributed by atoms with Crippen molar-refractivity contribution in [1.82, 2.24) is 14.1 Å². The van der Waals surface area contributed by atoms with Crippen LogP contribution in [-0.2, 0) is 21.4 Å². The van der Waals surface area contributed by atoms with Crippen LogP contribution in [0.1, 0.15) is 32.2 Å². The molecule has 0 aliphatic carbocycles. The highest BCUT2D eigenvalue weighted by Crippen LogP contribution is 2.24. The van der Waals surface area contributed by atoms with Crippen molar-refractivity contribution in [2.45, 2.75) is 52.1 Å². The summed E-state index contributed by atoms with van der Waals surface area (Å²) in [5.74, 6) is -1.18. The Balaban J connectivity index is 3.41. The minimum atomic E-state index is -3.88. The zero-order chi connectivity index (χ0) is 15.7. The number of carboxylic acid groups (broad SMARTS) is 1. The van der Waals surface area contributed by atoms with Gasteiger partial charge in [0.25, 0.3) is 0 Å². The van der Waals surface area contributed by atoms with Gasteiger partial charge in [0.05, 0.1) is 11.4 Å². The highest BCUT2D eigenvalue weighted by atomic mass is 32.2. The van der Waals surface area contributed by atoms with E-state index in [2.05, 4.69) is 5.10 Å². The smallest absolute Gasteiger partial charge is 0.318 e. The summed E-state index contributed by atoms with van der Waals surface area (Å²) in [4.78, 5) is 11.0. The number of nitrogens with zero attached hydrogens (tertiary/aromatic N) is 3. The van der Waals surface area contributed by atoms with Crippen LogP contribution in [-0.4, -0.2) is 46.2 Å². The Kier molecular flexibility index (Phi) is 4.93. The third-order valence-electron chi connectivity index (χ3n) is 3.05. The molecule has 7 nitrogen and oxygen atoms in total. The van der Waals surface area contributed by atoms with Crippen LogP contribution in [0.4, 0.5) is 0 Å². The summed E-state index contributed by atoms with van der Waals surface area (Å²) in [6.45, 7) is 8.46. The Bertz CT molecular complexity index is 604. The molecule has 1 N–H and O–H groups in total. The topological polar surface area (TPSA) is 92.5 Å². The molecule has 0 fully saturated rings. The van der Waals surface area contributed by atoms with Crippen LogP contribution in [0.2, 0.25) is 0 Å². The largest absolute Gasteiger partial charge is 0.480 e. The quantitative estimate of drug-likeness (QED) is 0.846. The Morgan fingerprint density at radius 3 is 2.30 bits per heavy atom. The molecule has 1 heterocycles. The van der Waals surface area contributed by atoms with E-state index >= 15 is 0 Å². The molecule has 0 radical (unpaired) electrons. The average Bonchev–Trinajstić information content (AvgIpc) is 2.60. The molecule has 0 aliphatic heterocycles. The minimum absolute atomic E-state index is 0.106. The van der Waals surface area contributed by atoms with Gasteiger partial charge in [-0.25, -0.2) is 8.42 Å². The van der Waals surface area contributed by atoms with E-state index in [1.807, 2.05) is 6.92 Å². The van der Waals surface area contributed by atoms with Crippen molar-refractivity contribution in [3.8, 4) is 0 Å². The van der Waals surface area contributed by atoms with Gasteiger partial charge >= 0.3 is 5.97 Å². The number of hydrogen-bond acceptors (Lipinski definition) is 4. The summed E-state index contributed by atoms with van der Waals surface area (Å²) in [6.07, 6.45) is 0. The standard InChI is InChI=1S/C12H21N3O4S/c1-6-14-10(5)12(9(4)13-14)20(18,19)15(8(2)3)7-11(16)17/h8H,6-7H2,1-5H3,(H,16,17). The van der Waals surface area contributed by atoms with E-state index in [0.717, 1.165) is 4.31 Å². The molecule has 1 aromatic heterocycles. The molecule has 1 rings (SSSR count). The Hall–Kier alpha value is -1.41. The van der Waals surface area contributed by atoms with Gasteiger partial charge in [-0.2, -0.15) is 9.40 Å². The predicted octanol–water partition coefficient (Wildman–Crippen LogP) is 1.00. The Morgan fingerprint density at radius 2 is 1.95 bits per heavy atom. The molecular weight excluding hydrogens is 282 g/mol. The molecule has 0 saturated carbocycles. The van der Waals surface area contributed by atoms with E-state index < -0.39 is 28.6 Å². The first-order valence-corrected chi connectivity index (χ1v) is 7.84. The number of aromatic nitrogens is 2. The zero-order valence-corrected chi connectivity index (χ0v) is 13.2. The zero-order valence-electron chi connectivity index (χ0n) is 12.4. The lowest BCUT2D eigenvalue weighted by Crippen LogP contribution is -2.41. The maximum absolute atomic E-state index is 12.7.